The Balaban J connectivity index is 1.38. The number of hydrazone groups is 1. The van der Waals surface area contributed by atoms with Gasteiger partial charge >= 0.3 is 0 Å². The summed E-state index contributed by atoms with van der Waals surface area (Å²) in [6.45, 7) is 0.523. The molecule has 36 heavy (non-hydrogen) atoms. The molecule has 0 spiro atoms. The van der Waals surface area contributed by atoms with Crippen LogP contribution in [0, 0.1) is 5.41 Å². The summed E-state index contributed by atoms with van der Waals surface area (Å²) in [5.41, 5.74) is 3.66. The zero-order valence-corrected chi connectivity index (χ0v) is 20.8. The van der Waals surface area contributed by atoms with Gasteiger partial charge < -0.3 is 4.57 Å². The molecule has 6 rings (SSSR count). The van der Waals surface area contributed by atoms with Gasteiger partial charge in [0, 0.05) is 57.2 Å². The van der Waals surface area contributed by atoms with Crippen LogP contribution in [0.4, 0.5) is 0 Å². The summed E-state index contributed by atoms with van der Waals surface area (Å²) in [7, 11) is 0. The lowest BCUT2D eigenvalue weighted by molar-refractivity contribution is -0.114. The Labute approximate surface area is 220 Å². The summed E-state index contributed by atoms with van der Waals surface area (Å²) in [6.07, 6.45) is 7.02. The molecule has 2 aliphatic heterocycles. The zero-order chi connectivity index (χ0) is 24.8. The fourth-order valence-corrected chi connectivity index (χ4v) is 5.46. The first-order chi connectivity index (χ1) is 17.5. The van der Waals surface area contributed by atoms with E-state index in [0.717, 1.165) is 27.6 Å². The van der Waals surface area contributed by atoms with Gasteiger partial charge in [-0.25, -0.2) is 0 Å². The molecule has 2 aliphatic rings. The SMILES string of the molecule is N=C1/C(=C/c2cn(Cc3ccc(Cl)cc3Cl)c3ccccc23)C(=O)N=C2SC(c3cccnc3)=NN12. The van der Waals surface area contributed by atoms with Crippen LogP contribution in [0.5, 0.6) is 0 Å². The molecule has 10 heteroatoms. The van der Waals surface area contributed by atoms with Gasteiger partial charge in [-0.3, -0.25) is 15.2 Å². The fourth-order valence-electron chi connectivity index (χ4n) is 4.11. The van der Waals surface area contributed by atoms with Crippen LogP contribution >= 0.6 is 35.0 Å². The van der Waals surface area contributed by atoms with Gasteiger partial charge in [0.05, 0.1) is 5.57 Å². The molecule has 0 saturated carbocycles. The summed E-state index contributed by atoms with van der Waals surface area (Å²) in [5, 5.41) is 17.8. The molecule has 0 bridgehead atoms. The lowest BCUT2D eigenvalue weighted by Gasteiger charge is -2.20. The Bertz CT molecular complexity index is 1660. The second-order valence-corrected chi connectivity index (χ2v) is 9.93. The van der Waals surface area contributed by atoms with Crippen molar-refractivity contribution < 1.29 is 4.79 Å². The minimum Gasteiger partial charge on any atom is -0.342 e. The maximum absolute atomic E-state index is 13.0. The van der Waals surface area contributed by atoms with E-state index in [-0.39, 0.29) is 11.4 Å². The molecule has 2 aromatic heterocycles. The molecule has 0 atom stereocenters. The van der Waals surface area contributed by atoms with Gasteiger partial charge in [0.2, 0.25) is 5.17 Å². The van der Waals surface area contributed by atoms with Crippen LogP contribution in [0.1, 0.15) is 16.7 Å². The smallest absolute Gasteiger partial charge is 0.283 e. The Kier molecular flexibility index (Phi) is 5.72. The molecule has 4 aromatic rings. The van der Waals surface area contributed by atoms with E-state index in [9.17, 15) is 4.79 Å². The first-order valence-electron chi connectivity index (χ1n) is 10.9. The molecule has 176 valence electrons. The molecule has 7 nitrogen and oxygen atoms in total. The predicted octanol–water partition coefficient (Wildman–Crippen LogP) is 6.06. The number of pyridine rings is 1. The van der Waals surface area contributed by atoms with Crippen LogP contribution in [0.25, 0.3) is 17.0 Å². The topological polar surface area (TPSA) is 86.7 Å². The Hall–Kier alpha value is -3.72. The van der Waals surface area contributed by atoms with Crippen LogP contribution < -0.4 is 0 Å². The number of hydrogen-bond acceptors (Lipinski definition) is 5. The van der Waals surface area contributed by atoms with E-state index in [1.54, 1.807) is 24.5 Å². The maximum Gasteiger partial charge on any atom is 0.283 e. The number of amides is 1. The van der Waals surface area contributed by atoms with Crippen molar-refractivity contribution in [2.45, 2.75) is 6.54 Å². The number of thioether (sulfide) groups is 1. The summed E-state index contributed by atoms with van der Waals surface area (Å²) in [6, 6.07) is 17.0. The van der Waals surface area contributed by atoms with Crippen molar-refractivity contribution in [2.24, 2.45) is 10.1 Å². The number of benzene rings is 2. The van der Waals surface area contributed by atoms with E-state index in [1.807, 2.05) is 54.7 Å². The van der Waals surface area contributed by atoms with E-state index in [1.165, 1.54) is 16.8 Å². The van der Waals surface area contributed by atoms with E-state index in [0.29, 0.717) is 26.8 Å². The number of fused-ring (bicyclic) bond motifs is 2. The minimum atomic E-state index is -0.473. The monoisotopic (exact) mass is 530 g/mol. The van der Waals surface area contributed by atoms with Gasteiger partial charge in [0.1, 0.15) is 5.04 Å². The van der Waals surface area contributed by atoms with Gasteiger partial charge in [0.15, 0.2) is 5.84 Å². The standard InChI is InChI=1S/C26H16Cl2N6OS/c27-18-8-7-16(21(28)11-18)13-33-14-17(19-5-1-2-6-22(19)33)10-20-23(29)34-26(31-24(20)35)36-25(32-34)15-4-3-9-30-12-15/h1-12,14,29H,13H2/b20-10-,29-23?. The second kappa shape index (κ2) is 9.05. The van der Waals surface area contributed by atoms with Crippen LogP contribution in [0.15, 0.2) is 88.9 Å². The highest BCUT2D eigenvalue weighted by Crippen LogP contribution is 2.32. The molecular weight excluding hydrogens is 515 g/mol. The Morgan fingerprint density at radius 1 is 1.08 bits per heavy atom. The lowest BCUT2D eigenvalue weighted by atomic mass is 10.1. The third-order valence-electron chi connectivity index (χ3n) is 5.84. The van der Waals surface area contributed by atoms with Crippen LogP contribution in [0.3, 0.4) is 0 Å². The first kappa shape index (κ1) is 22.7. The molecule has 0 unspecified atom stereocenters. The van der Waals surface area contributed by atoms with Crippen LogP contribution in [-0.4, -0.2) is 36.5 Å². The number of carbonyl (C=O) groups excluding carboxylic acids is 1. The summed E-state index contributed by atoms with van der Waals surface area (Å²) in [4.78, 5) is 21.3. The van der Waals surface area contributed by atoms with Crippen molar-refractivity contribution in [3.8, 4) is 0 Å². The van der Waals surface area contributed by atoms with E-state index >= 15 is 0 Å². The largest absolute Gasteiger partial charge is 0.342 e. The lowest BCUT2D eigenvalue weighted by Crippen LogP contribution is -2.35. The number of aliphatic imine (C=N–C) groups is 1. The molecular formula is C26H16Cl2N6OS. The van der Waals surface area contributed by atoms with Crippen molar-refractivity contribution in [1.29, 1.82) is 5.41 Å². The molecule has 0 saturated heterocycles. The van der Waals surface area contributed by atoms with Crippen LogP contribution in [-0.2, 0) is 11.3 Å². The Morgan fingerprint density at radius 3 is 2.75 bits per heavy atom. The molecule has 4 heterocycles. The van der Waals surface area contributed by atoms with E-state index in [4.69, 9.17) is 28.6 Å². The fraction of sp³-hybridized carbons (Fsp3) is 0.0385. The van der Waals surface area contributed by atoms with Gasteiger partial charge in [-0.2, -0.15) is 15.1 Å². The van der Waals surface area contributed by atoms with Crippen molar-refractivity contribution in [2.75, 3.05) is 0 Å². The molecule has 0 radical (unpaired) electrons. The average Bonchev–Trinajstić information content (AvgIpc) is 3.46. The Morgan fingerprint density at radius 2 is 1.94 bits per heavy atom. The number of hydrogen-bond donors (Lipinski definition) is 1. The first-order valence-corrected chi connectivity index (χ1v) is 12.5. The molecule has 0 aliphatic carbocycles. The van der Waals surface area contributed by atoms with Crippen LogP contribution in [0.2, 0.25) is 10.0 Å². The third kappa shape index (κ3) is 4.03. The average molecular weight is 531 g/mol. The molecule has 0 fully saturated rings. The predicted molar refractivity (Wildman–Crippen MR) is 146 cm³/mol. The number of aromatic nitrogens is 2. The number of para-hydroxylation sites is 1. The number of nitrogens with one attached hydrogen (secondary N) is 1. The summed E-state index contributed by atoms with van der Waals surface area (Å²) < 4.78 is 2.06. The number of amidine groups is 2. The van der Waals surface area contributed by atoms with Gasteiger partial charge in [-0.1, -0.05) is 47.5 Å². The number of carbonyl (C=O) groups is 1. The number of rotatable bonds is 4. The second-order valence-electron chi connectivity index (χ2n) is 8.13. The molecule has 1 N–H and O–H groups in total. The molecule has 1 amide bonds. The maximum atomic E-state index is 13.0. The summed E-state index contributed by atoms with van der Waals surface area (Å²) >= 11 is 13.7. The number of nitrogens with zero attached hydrogens (tertiary/aromatic N) is 5. The third-order valence-corrected chi connectivity index (χ3v) is 7.38. The number of halogens is 2. The van der Waals surface area contributed by atoms with E-state index < -0.39 is 5.91 Å². The quantitative estimate of drug-likeness (QED) is 0.325. The van der Waals surface area contributed by atoms with E-state index in [2.05, 4.69) is 19.6 Å². The minimum absolute atomic E-state index is 0.0195. The van der Waals surface area contributed by atoms with Crippen molar-refractivity contribution in [3.63, 3.8) is 0 Å². The highest BCUT2D eigenvalue weighted by molar-refractivity contribution is 8.27. The summed E-state index contributed by atoms with van der Waals surface area (Å²) in [5.74, 6) is -0.493. The van der Waals surface area contributed by atoms with Gasteiger partial charge in [-0.05, 0) is 53.7 Å². The zero-order valence-electron chi connectivity index (χ0n) is 18.5. The highest BCUT2D eigenvalue weighted by atomic mass is 35.5. The normalized spacial score (nSPS) is 16.5. The highest BCUT2D eigenvalue weighted by Gasteiger charge is 2.36. The molecule has 2 aromatic carbocycles. The van der Waals surface area contributed by atoms with Gasteiger partial charge in [-0.15, -0.1) is 0 Å². The van der Waals surface area contributed by atoms with Crippen molar-refractivity contribution in [1.82, 2.24) is 14.6 Å². The van der Waals surface area contributed by atoms with Gasteiger partial charge in [0.25, 0.3) is 5.91 Å². The van der Waals surface area contributed by atoms with Crippen molar-refractivity contribution >= 4 is 73.9 Å². The van der Waals surface area contributed by atoms with Crippen molar-refractivity contribution in [3.05, 3.63) is 105 Å².